The van der Waals surface area contributed by atoms with Crippen LogP contribution in [0.5, 0.6) is 0 Å². The molecule has 1 heterocycles. The van der Waals surface area contributed by atoms with Crippen LogP contribution >= 0.6 is 0 Å². The van der Waals surface area contributed by atoms with Gasteiger partial charge in [-0.25, -0.2) is 18.4 Å². The van der Waals surface area contributed by atoms with Crippen molar-refractivity contribution in [3.8, 4) is 0 Å². The van der Waals surface area contributed by atoms with E-state index in [2.05, 4.69) is 20.2 Å². The Morgan fingerprint density at radius 1 is 0.970 bits per heavy atom. The Kier molecular flexibility index (Phi) is 7.55. The number of nitrogens with one attached hydrogen (secondary N) is 1. The Morgan fingerprint density at radius 2 is 1.64 bits per heavy atom. The number of benzene rings is 2. The third-order valence-electron chi connectivity index (χ3n) is 4.97. The highest BCUT2D eigenvalue weighted by Gasteiger charge is 2.38. The topological polar surface area (TPSA) is 78.4 Å². The highest BCUT2D eigenvalue weighted by atomic mass is 32.2. The number of para-hydroxylation sites is 1. The number of alkyl halides is 3. The van der Waals surface area contributed by atoms with E-state index in [1.165, 1.54) is 13.1 Å². The van der Waals surface area contributed by atoms with Crippen LogP contribution in [0.3, 0.4) is 0 Å². The highest BCUT2D eigenvalue weighted by molar-refractivity contribution is 7.89. The van der Waals surface area contributed by atoms with E-state index in [-0.39, 0.29) is 12.4 Å². The molecular formula is C22H26F3N5O2S. The largest absolute Gasteiger partial charge is 0.417 e. The first kappa shape index (κ1) is 24.9. The van der Waals surface area contributed by atoms with Crippen LogP contribution in [0, 0.1) is 0 Å². The minimum absolute atomic E-state index is 0.180. The second kappa shape index (κ2) is 10.0. The van der Waals surface area contributed by atoms with Gasteiger partial charge in [-0.3, -0.25) is 0 Å². The summed E-state index contributed by atoms with van der Waals surface area (Å²) < 4.78 is 66.9. The van der Waals surface area contributed by atoms with Crippen molar-refractivity contribution in [3.63, 3.8) is 0 Å². The summed E-state index contributed by atoms with van der Waals surface area (Å²) in [6.07, 6.45) is -3.93. The number of fused-ring (bicyclic) bond motifs is 1. The maximum absolute atomic E-state index is 13.4. The number of hydrogen-bond acceptors (Lipinski definition) is 6. The fourth-order valence-corrected chi connectivity index (χ4v) is 4.64. The molecule has 0 unspecified atom stereocenters. The summed E-state index contributed by atoms with van der Waals surface area (Å²) in [6.45, 7) is 1.24. The molecule has 0 atom stereocenters. The van der Waals surface area contributed by atoms with Crippen molar-refractivity contribution < 1.29 is 21.6 Å². The van der Waals surface area contributed by atoms with E-state index in [1.807, 2.05) is 26.2 Å². The van der Waals surface area contributed by atoms with Crippen LogP contribution in [0.15, 0.2) is 53.4 Å². The normalized spacial score (nSPS) is 12.6. The number of sulfonamides is 1. The third-order valence-corrected chi connectivity index (χ3v) is 6.83. The van der Waals surface area contributed by atoms with E-state index >= 15 is 0 Å². The quantitative estimate of drug-likeness (QED) is 0.468. The highest BCUT2D eigenvalue weighted by Crippen LogP contribution is 2.35. The summed E-state index contributed by atoms with van der Waals surface area (Å²) >= 11 is 0. The number of halogens is 3. The molecule has 1 aromatic heterocycles. The average Bonchev–Trinajstić information content (AvgIpc) is 2.75. The minimum atomic E-state index is -4.80. The molecule has 11 heteroatoms. The summed E-state index contributed by atoms with van der Waals surface area (Å²) in [5.41, 5.74) is -0.598. The zero-order chi connectivity index (χ0) is 24.2. The standard InChI is InChI=1S/C22H26F3N5O2S/c1-29(2)14-8-13-26-21-16-9-4-6-11-18(16)27-20(28-21)15-30(3)33(31,32)19-12-7-5-10-17(19)22(23,24)25/h4-7,9-12H,8,13-15H2,1-3H3,(H,26,27,28). The van der Waals surface area contributed by atoms with Crippen molar-refractivity contribution in [1.29, 1.82) is 0 Å². The Balaban J connectivity index is 1.90. The number of anilines is 1. The molecule has 0 aliphatic carbocycles. The van der Waals surface area contributed by atoms with Gasteiger partial charge in [-0.2, -0.15) is 17.5 Å². The molecule has 7 nitrogen and oxygen atoms in total. The van der Waals surface area contributed by atoms with Gasteiger partial charge < -0.3 is 10.2 Å². The van der Waals surface area contributed by atoms with Gasteiger partial charge in [-0.15, -0.1) is 0 Å². The van der Waals surface area contributed by atoms with Crippen molar-refractivity contribution in [2.24, 2.45) is 0 Å². The monoisotopic (exact) mass is 481 g/mol. The lowest BCUT2D eigenvalue weighted by Crippen LogP contribution is -2.29. The number of rotatable bonds is 9. The second-order valence-electron chi connectivity index (χ2n) is 7.84. The van der Waals surface area contributed by atoms with Gasteiger partial charge in [0, 0.05) is 19.0 Å². The number of aromatic nitrogens is 2. The summed E-state index contributed by atoms with van der Waals surface area (Å²) in [7, 11) is 0.729. The van der Waals surface area contributed by atoms with Crippen LogP contribution in [0.25, 0.3) is 10.9 Å². The second-order valence-corrected chi connectivity index (χ2v) is 9.86. The summed E-state index contributed by atoms with van der Waals surface area (Å²) in [6, 6.07) is 11.4. The predicted molar refractivity (Wildman–Crippen MR) is 121 cm³/mol. The van der Waals surface area contributed by atoms with E-state index in [1.54, 1.807) is 12.1 Å². The zero-order valence-corrected chi connectivity index (χ0v) is 19.4. The van der Waals surface area contributed by atoms with Gasteiger partial charge in [0.05, 0.1) is 22.5 Å². The molecule has 0 aliphatic heterocycles. The van der Waals surface area contributed by atoms with Crippen LogP contribution < -0.4 is 5.32 Å². The van der Waals surface area contributed by atoms with Crippen LogP contribution in [-0.4, -0.2) is 61.8 Å². The van der Waals surface area contributed by atoms with Gasteiger partial charge in [0.2, 0.25) is 10.0 Å². The van der Waals surface area contributed by atoms with Gasteiger partial charge in [0.25, 0.3) is 0 Å². The smallest absolute Gasteiger partial charge is 0.369 e. The Labute approximate surface area is 191 Å². The fraction of sp³-hybridized carbons (Fsp3) is 0.364. The molecule has 0 bridgehead atoms. The average molecular weight is 482 g/mol. The lowest BCUT2D eigenvalue weighted by Gasteiger charge is -2.20. The molecule has 3 rings (SSSR count). The van der Waals surface area contributed by atoms with Gasteiger partial charge >= 0.3 is 6.18 Å². The molecule has 0 saturated heterocycles. The van der Waals surface area contributed by atoms with Crippen molar-refractivity contribution in [2.45, 2.75) is 24.0 Å². The molecule has 0 aliphatic rings. The first-order valence-corrected chi connectivity index (χ1v) is 11.7. The van der Waals surface area contributed by atoms with Crippen LogP contribution in [0.2, 0.25) is 0 Å². The van der Waals surface area contributed by atoms with E-state index in [0.29, 0.717) is 17.9 Å². The molecule has 0 radical (unpaired) electrons. The number of hydrogen-bond donors (Lipinski definition) is 1. The molecule has 0 spiro atoms. The van der Waals surface area contributed by atoms with E-state index in [4.69, 9.17) is 0 Å². The van der Waals surface area contributed by atoms with Crippen LogP contribution in [0.1, 0.15) is 17.8 Å². The van der Waals surface area contributed by atoms with Gasteiger partial charge in [0.1, 0.15) is 11.6 Å². The maximum atomic E-state index is 13.4. The zero-order valence-electron chi connectivity index (χ0n) is 18.6. The molecule has 0 saturated carbocycles. The fourth-order valence-electron chi connectivity index (χ4n) is 3.31. The molecule has 33 heavy (non-hydrogen) atoms. The van der Waals surface area contributed by atoms with Crippen LogP contribution in [0.4, 0.5) is 19.0 Å². The first-order chi connectivity index (χ1) is 15.5. The Hall–Kier alpha value is -2.76. The molecule has 3 aromatic rings. The summed E-state index contributed by atoms with van der Waals surface area (Å²) in [5, 5.41) is 4.04. The molecule has 178 valence electrons. The minimum Gasteiger partial charge on any atom is -0.369 e. The molecule has 2 aromatic carbocycles. The molecular weight excluding hydrogens is 455 g/mol. The Morgan fingerprint density at radius 3 is 2.33 bits per heavy atom. The van der Waals surface area contributed by atoms with E-state index < -0.39 is 26.7 Å². The lowest BCUT2D eigenvalue weighted by molar-refractivity contribution is -0.139. The lowest BCUT2D eigenvalue weighted by atomic mass is 10.2. The first-order valence-electron chi connectivity index (χ1n) is 10.3. The number of nitrogens with zero attached hydrogens (tertiary/aromatic N) is 4. The van der Waals surface area contributed by atoms with Gasteiger partial charge in [0.15, 0.2) is 0 Å². The van der Waals surface area contributed by atoms with Crippen molar-refractivity contribution in [3.05, 3.63) is 59.9 Å². The summed E-state index contributed by atoms with van der Waals surface area (Å²) in [5.74, 6) is 0.732. The SMILES string of the molecule is CN(C)CCCNc1nc(CN(C)S(=O)(=O)c2ccccc2C(F)(F)F)nc2ccccc12. The molecule has 0 fully saturated rings. The van der Waals surface area contributed by atoms with E-state index in [0.717, 1.165) is 40.9 Å². The van der Waals surface area contributed by atoms with Gasteiger partial charge in [-0.05, 0) is 51.3 Å². The maximum Gasteiger partial charge on any atom is 0.417 e. The van der Waals surface area contributed by atoms with Crippen molar-refractivity contribution in [1.82, 2.24) is 19.2 Å². The Bertz CT molecular complexity index is 1220. The molecule has 1 N–H and O–H groups in total. The van der Waals surface area contributed by atoms with Crippen LogP contribution in [-0.2, 0) is 22.7 Å². The third kappa shape index (κ3) is 5.98. The van der Waals surface area contributed by atoms with Crippen molar-refractivity contribution >= 4 is 26.7 Å². The summed E-state index contributed by atoms with van der Waals surface area (Å²) in [4.78, 5) is 10.2. The van der Waals surface area contributed by atoms with Crippen molar-refractivity contribution in [2.75, 3.05) is 39.5 Å². The predicted octanol–water partition coefficient (Wildman–Crippen LogP) is 3.83. The van der Waals surface area contributed by atoms with E-state index in [9.17, 15) is 21.6 Å². The molecule has 0 amide bonds. The van der Waals surface area contributed by atoms with Gasteiger partial charge in [-0.1, -0.05) is 24.3 Å².